The molecule has 0 aromatic heterocycles. The Morgan fingerprint density at radius 2 is 2.40 bits per heavy atom. The second-order valence-corrected chi connectivity index (χ2v) is 3.76. The van der Waals surface area contributed by atoms with Crippen molar-refractivity contribution in [2.24, 2.45) is 5.73 Å². The molecular weight excluding hydrogens is 202 g/mol. The highest BCUT2D eigenvalue weighted by molar-refractivity contribution is 5.79. The highest BCUT2D eigenvalue weighted by atomic mass is 16.8. The standard InChI is InChI=1S/C9H15NO5/c1-2-13-8(12)9-3-5(10)7(15-9)6(4-11)14-9/h5-7,11H,2-4,10H2,1H3/t5-,6-,7-,9-/m0/s1. The number of aliphatic hydroxyl groups is 1. The van der Waals surface area contributed by atoms with Crippen LogP contribution >= 0.6 is 0 Å². The van der Waals surface area contributed by atoms with E-state index in [1.54, 1.807) is 6.92 Å². The highest BCUT2D eigenvalue weighted by Crippen LogP contribution is 2.42. The average molecular weight is 217 g/mol. The third-order valence-electron chi connectivity index (χ3n) is 2.73. The van der Waals surface area contributed by atoms with Gasteiger partial charge in [-0.1, -0.05) is 0 Å². The van der Waals surface area contributed by atoms with Crippen molar-refractivity contribution in [1.29, 1.82) is 0 Å². The number of carbonyl (C=O) groups is 1. The van der Waals surface area contributed by atoms with Crippen LogP contribution in [0, 0.1) is 0 Å². The fourth-order valence-corrected chi connectivity index (χ4v) is 2.08. The van der Waals surface area contributed by atoms with Gasteiger partial charge in [0.25, 0.3) is 5.79 Å². The molecule has 0 amide bonds. The Morgan fingerprint density at radius 1 is 1.67 bits per heavy atom. The van der Waals surface area contributed by atoms with E-state index in [1.807, 2.05) is 0 Å². The number of fused-ring (bicyclic) bond motifs is 2. The number of aliphatic hydroxyl groups excluding tert-OH is 1. The summed E-state index contributed by atoms with van der Waals surface area (Å²) in [6.45, 7) is 1.76. The molecule has 4 atom stereocenters. The van der Waals surface area contributed by atoms with Crippen molar-refractivity contribution in [2.75, 3.05) is 13.2 Å². The smallest absolute Gasteiger partial charge is 0.366 e. The Hall–Kier alpha value is -0.690. The molecule has 3 N–H and O–H groups in total. The van der Waals surface area contributed by atoms with E-state index in [1.165, 1.54) is 0 Å². The Morgan fingerprint density at radius 3 is 2.93 bits per heavy atom. The lowest BCUT2D eigenvalue weighted by Gasteiger charge is -2.27. The zero-order chi connectivity index (χ0) is 11.1. The van der Waals surface area contributed by atoms with Gasteiger partial charge in [0.05, 0.1) is 13.2 Å². The lowest BCUT2D eigenvalue weighted by atomic mass is 9.99. The van der Waals surface area contributed by atoms with Crippen LogP contribution in [0.3, 0.4) is 0 Å². The Balaban J connectivity index is 2.13. The quantitative estimate of drug-likeness (QED) is 0.574. The molecule has 0 radical (unpaired) electrons. The number of ether oxygens (including phenoxy) is 3. The van der Waals surface area contributed by atoms with Crippen LogP contribution in [0.5, 0.6) is 0 Å². The predicted octanol–water partition coefficient (Wildman–Crippen LogP) is -1.25. The Bertz CT molecular complexity index is 267. The summed E-state index contributed by atoms with van der Waals surface area (Å²) in [7, 11) is 0. The van der Waals surface area contributed by atoms with E-state index in [-0.39, 0.29) is 25.7 Å². The number of esters is 1. The highest BCUT2D eigenvalue weighted by Gasteiger charge is 2.62. The van der Waals surface area contributed by atoms with Gasteiger partial charge in [-0.05, 0) is 6.92 Å². The first kappa shape index (κ1) is 10.8. The summed E-state index contributed by atoms with van der Waals surface area (Å²) in [5, 5.41) is 9.02. The van der Waals surface area contributed by atoms with E-state index < -0.39 is 24.0 Å². The summed E-state index contributed by atoms with van der Waals surface area (Å²) in [6, 6.07) is -0.291. The molecule has 2 rings (SSSR count). The zero-order valence-corrected chi connectivity index (χ0v) is 8.51. The van der Waals surface area contributed by atoms with E-state index in [9.17, 15) is 4.79 Å². The van der Waals surface area contributed by atoms with E-state index in [4.69, 9.17) is 25.1 Å². The number of nitrogens with two attached hydrogens (primary N) is 1. The van der Waals surface area contributed by atoms with Crippen LogP contribution in [0.4, 0.5) is 0 Å². The van der Waals surface area contributed by atoms with E-state index in [0.29, 0.717) is 0 Å². The largest absolute Gasteiger partial charge is 0.462 e. The third kappa shape index (κ3) is 1.53. The topological polar surface area (TPSA) is 91.0 Å². The van der Waals surface area contributed by atoms with Gasteiger partial charge in [-0.15, -0.1) is 0 Å². The molecule has 2 fully saturated rings. The minimum Gasteiger partial charge on any atom is -0.462 e. The van der Waals surface area contributed by atoms with Gasteiger partial charge in [0.1, 0.15) is 12.2 Å². The fraction of sp³-hybridized carbons (Fsp3) is 0.889. The molecule has 6 heteroatoms. The predicted molar refractivity (Wildman–Crippen MR) is 48.8 cm³/mol. The minimum absolute atomic E-state index is 0.209. The summed E-state index contributed by atoms with van der Waals surface area (Å²) in [5.41, 5.74) is 5.78. The number of carbonyl (C=O) groups excluding carboxylic acids is 1. The van der Waals surface area contributed by atoms with Gasteiger partial charge in [-0.3, -0.25) is 0 Å². The molecule has 2 bridgehead atoms. The molecule has 0 spiro atoms. The average Bonchev–Trinajstić information content (AvgIpc) is 2.73. The van der Waals surface area contributed by atoms with E-state index in [2.05, 4.69) is 0 Å². The van der Waals surface area contributed by atoms with E-state index >= 15 is 0 Å². The number of hydrogen-bond donors (Lipinski definition) is 2. The Labute approximate surface area is 87.3 Å². The van der Waals surface area contributed by atoms with Crippen molar-refractivity contribution in [3.05, 3.63) is 0 Å². The molecule has 0 aliphatic carbocycles. The zero-order valence-electron chi connectivity index (χ0n) is 8.51. The molecule has 2 aliphatic heterocycles. The van der Waals surface area contributed by atoms with Crippen molar-refractivity contribution >= 4 is 5.97 Å². The van der Waals surface area contributed by atoms with Crippen molar-refractivity contribution in [3.63, 3.8) is 0 Å². The van der Waals surface area contributed by atoms with Crippen LogP contribution < -0.4 is 5.73 Å². The van der Waals surface area contributed by atoms with Crippen molar-refractivity contribution in [2.45, 2.75) is 37.4 Å². The van der Waals surface area contributed by atoms with Crippen molar-refractivity contribution in [3.8, 4) is 0 Å². The fourth-order valence-electron chi connectivity index (χ4n) is 2.08. The molecule has 2 aliphatic rings. The summed E-state index contributed by atoms with van der Waals surface area (Å²) in [5.74, 6) is -1.94. The molecular formula is C9H15NO5. The van der Waals surface area contributed by atoms with Gasteiger partial charge in [0.15, 0.2) is 0 Å². The minimum atomic E-state index is -1.38. The lowest BCUT2D eigenvalue weighted by Crippen LogP contribution is -2.49. The molecule has 0 unspecified atom stereocenters. The molecule has 2 saturated heterocycles. The maximum Gasteiger partial charge on any atom is 0.366 e. The van der Waals surface area contributed by atoms with Gasteiger partial charge < -0.3 is 25.1 Å². The maximum atomic E-state index is 11.6. The second-order valence-electron chi connectivity index (χ2n) is 3.76. The van der Waals surface area contributed by atoms with E-state index in [0.717, 1.165) is 0 Å². The molecule has 86 valence electrons. The van der Waals surface area contributed by atoms with Crippen LogP contribution in [0.15, 0.2) is 0 Å². The van der Waals surface area contributed by atoms with Crippen LogP contribution in [-0.4, -0.2) is 48.3 Å². The summed E-state index contributed by atoms with van der Waals surface area (Å²) in [4.78, 5) is 11.6. The van der Waals surface area contributed by atoms with Gasteiger partial charge in [0.2, 0.25) is 0 Å². The molecule has 15 heavy (non-hydrogen) atoms. The molecule has 2 heterocycles. The number of rotatable bonds is 3. The number of hydrogen-bond acceptors (Lipinski definition) is 6. The summed E-state index contributed by atoms with van der Waals surface area (Å²) >= 11 is 0. The molecule has 0 saturated carbocycles. The van der Waals surface area contributed by atoms with Crippen molar-refractivity contribution in [1.82, 2.24) is 0 Å². The van der Waals surface area contributed by atoms with Gasteiger partial charge in [-0.2, -0.15) is 0 Å². The van der Waals surface area contributed by atoms with Gasteiger partial charge in [0, 0.05) is 12.5 Å². The van der Waals surface area contributed by atoms with Gasteiger partial charge >= 0.3 is 5.97 Å². The summed E-state index contributed by atoms with van der Waals surface area (Å²) < 4.78 is 15.6. The van der Waals surface area contributed by atoms with Crippen molar-refractivity contribution < 1.29 is 24.1 Å². The SMILES string of the molecule is CCOC(=O)[C@]12C[C@H](N)[C@H](O1)[C@H](CO)O2. The first-order valence-electron chi connectivity index (χ1n) is 5.02. The lowest BCUT2D eigenvalue weighted by molar-refractivity contribution is -0.208. The first-order chi connectivity index (χ1) is 7.13. The molecule has 0 aromatic carbocycles. The third-order valence-corrected chi connectivity index (χ3v) is 2.73. The second kappa shape index (κ2) is 3.71. The Kier molecular flexibility index (Phi) is 2.68. The first-order valence-corrected chi connectivity index (χ1v) is 5.02. The maximum absolute atomic E-state index is 11.6. The van der Waals surface area contributed by atoms with Crippen LogP contribution in [-0.2, 0) is 19.0 Å². The monoisotopic (exact) mass is 217 g/mol. The molecule has 6 nitrogen and oxygen atoms in total. The van der Waals surface area contributed by atoms with Crippen LogP contribution in [0.1, 0.15) is 13.3 Å². The van der Waals surface area contributed by atoms with Crippen LogP contribution in [0.2, 0.25) is 0 Å². The molecule has 0 aromatic rings. The summed E-state index contributed by atoms with van der Waals surface area (Å²) in [6.07, 6.45) is -0.662. The van der Waals surface area contributed by atoms with Crippen LogP contribution in [0.25, 0.3) is 0 Å². The normalized spacial score (nSPS) is 43.3. The van der Waals surface area contributed by atoms with Gasteiger partial charge in [-0.25, -0.2) is 4.79 Å².